The number of hydrogen-bond acceptors (Lipinski definition) is 0. The van der Waals surface area contributed by atoms with E-state index in [9.17, 15) is 0 Å². The first kappa shape index (κ1) is 17.3. The molecular formula is C21H32Si. The summed E-state index contributed by atoms with van der Waals surface area (Å²) in [6, 6.07) is 7.13. The third-order valence-corrected chi connectivity index (χ3v) is 7.33. The molecule has 1 aliphatic carbocycles. The van der Waals surface area contributed by atoms with E-state index in [-0.39, 0.29) is 9.52 Å². The predicted octanol–water partition coefficient (Wildman–Crippen LogP) is 5.13. The van der Waals surface area contributed by atoms with Gasteiger partial charge >= 0.3 is 0 Å². The lowest BCUT2D eigenvalue weighted by Gasteiger charge is -2.27. The molecule has 1 unspecified atom stereocenters. The summed E-state index contributed by atoms with van der Waals surface area (Å²) in [6.45, 7) is 13.9. The van der Waals surface area contributed by atoms with E-state index in [4.69, 9.17) is 0 Å². The van der Waals surface area contributed by atoms with Gasteiger partial charge in [0.15, 0.2) is 0 Å². The Morgan fingerprint density at radius 3 is 2.18 bits per heavy atom. The van der Waals surface area contributed by atoms with Crippen LogP contribution in [0.3, 0.4) is 0 Å². The zero-order valence-corrected chi connectivity index (χ0v) is 16.8. The number of benzene rings is 1. The van der Waals surface area contributed by atoms with Crippen molar-refractivity contribution in [1.82, 2.24) is 0 Å². The van der Waals surface area contributed by atoms with Gasteiger partial charge < -0.3 is 0 Å². The van der Waals surface area contributed by atoms with Gasteiger partial charge in [-0.1, -0.05) is 78.4 Å². The van der Waals surface area contributed by atoms with Crippen molar-refractivity contribution in [2.24, 2.45) is 0 Å². The molecule has 1 heteroatoms. The van der Waals surface area contributed by atoms with E-state index in [2.05, 4.69) is 65.8 Å². The smallest absolute Gasteiger partial charge is 0.0702 e. The molecule has 0 nitrogen and oxygen atoms in total. The van der Waals surface area contributed by atoms with Crippen molar-refractivity contribution >= 4 is 14.7 Å². The van der Waals surface area contributed by atoms with E-state index in [1.54, 1.807) is 16.3 Å². The Labute approximate surface area is 139 Å². The molecular weight excluding hydrogens is 280 g/mol. The van der Waals surface area contributed by atoms with E-state index < -0.39 is 0 Å². The van der Waals surface area contributed by atoms with Crippen molar-refractivity contribution in [2.45, 2.75) is 72.3 Å². The van der Waals surface area contributed by atoms with E-state index >= 15 is 0 Å². The van der Waals surface area contributed by atoms with Crippen LogP contribution in [0.5, 0.6) is 0 Å². The van der Waals surface area contributed by atoms with Gasteiger partial charge in [0.2, 0.25) is 0 Å². The molecule has 0 saturated carbocycles. The summed E-state index contributed by atoms with van der Waals surface area (Å²) in [4.78, 5) is 0. The Kier molecular flexibility index (Phi) is 5.49. The van der Waals surface area contributed by atoms with Crippen molar-refractivity contribution in [3.63, 3.8) is 0 Å². The van der Waals surface area contributed by atoms with Gasteiger partial charge in [0.05, 0.1) is 9.52 Å². The van der Waals surface area contributed by atoms with Gasteiger partial charge in [-0.15, -0.1) is 0 Å². The van der Waals surface area contributed by atoms with Crippen LogP contribution in [0.25, 0.3) is 0 Å². The lowest BCUT2D eigenvalue weighted by Crippen LogP contribution is -2.27. The maximum Gasteiger partial charge on any atom is 0.0702 e. The van der Waals surface area contributed by atoms with Gasteiger partial charge in [0.1, 0.15) is 0 Å². The van der Waals surface area contributed by atoms with Crippen LogP contribution in [0.4, 0.5) is 0 Å². The Hall–Kier alpha value is -1.08. The zero-order chi connectivity index (χ0) is 16.3. The minimum Gasteiger partial charge on any atom is -0.0744 e. The van der Waals surface area contributed by atoms with Crippen molar-refractivity contribution < 1.29 is 0 Å². The van der Waals surface area contributed by atoms with Gasteiger partial charge in [-0.2, -0.15) is 0 Å². The summed E-state index contributed by atoms with van der Waals surface area (Å²) >= 11 is 0. The van der Waals surface area contributed by atoms with Crippen LogP contribution in [0, 0.1) is 13.8 Å². The lowest BCUT2D eigenvalue weighted by atomic mass is 9.95. The summed E-state index contributed by atoms with van der Waals surface area (Å²) in [5.41, 5.74) is 7.67. The van der Waals surface area contributed by atoms with Gasteiger partial charge in [-0.05, 0) is 46.1 Å². The molecule has 0 saturated heterocycles. The topological polar surface area (TPSA) is 0 Å². The van der Waals surface area contributed by atoms with Gasteiger partial charge in [-0.3, -0.25) is 0 Å². The normalized spacial score (nSPS) is 22.0. The van der Waals surface area contributed by atoms with Gasteiger partial charge in [0, 0.05) is 5.04 Å². The predicted molar refractivity (Wildman–Crippen MR) is 103 cm³/mol. The molecule has 1 atom stereocenters. The largest absolute Gasteiger partial charge is 0.0744 e. The quantitative estimate of drug-likeness (QED) is 0.504. The maximum atomic E-state index is 2.58. The number of rotatable bonds is 6. The third-order valence-electron chi connectivity index (χ3n) is 5.15. The Balaban J connectivity index is 2.26. The Morgan fingerprint density at radius 2 is 1.59 bits per heavy atom. The average Bonchev–Trinajstić information content (AvgIpc) is 2.60. The third kappa shape index (κ3) is 3.81. The first-order chi connectivity index (χ1) is 10.4. The molecule has 0 fully saturated rings. The molecule has 120 valence electrons. The van der Waals surface area contributed by atoms with E-state index in [0.29, 0.717) is 5.04 Å². The SMILES string of the molecule is CCCCCC1=C(C)C(C)=CC1(C)[SiH2]c1cc(C)cc(C)c1. The van der Waals surface area contributed by atoms with E-state index in [1.807, 2.05) is 0 Å². The average molecular weight is 313 g/mol. The highest BCUT2D eigenvalue weighted by molar-refractivity contribution is 6.58. The summed E-state index contributed by atoms with van der Waals surface area (Å²) < 4.78 is 0. The molecule has 0 aliphatic heterocycles. The van der Waals surface area contributed by atoms with Crippen molar-refractivity contribution in [3.05, 3.63) is 52.1 Å². The number of allylic oxidation sites excluding steroid dienone is 4. The monoisotopic (exact) mass is 312 g/mol. The van der Waals surface area contributed by atoms with Crippen LogP contribution in [0.2, 0.25) is 5.04 Å². The van der Waals surface area contributed by atoms with Crippen LogP contribution in [-0.4, -0.2) is 9.52 Å². The minimum absolute atomic E-state index is 0.349. The molecule has 2 rings (SSSR count). The molecule has 0 amide bonds. The summed E-state index contributed by atoms with van der Waals surface area (Å²) in [5, 5.41) is 1.97. The highest BCUT2D eigenvalue weighted by Crippen LogP contribution is 2.48. The maximum absolute atomic E-state index is 2.58. The van der Waals surface area contributed by atoms with Crippen LogP contribution in [0.15, 0.2) is 41.0 Å². The highest BCUT2D eigenvalue weighted by atomic mass is 28.2. The minimum atomic E-state index is -0.354. The molecule has 0 N–H and O–H groups in total. The molecule has 1 aliphatic rings. The van der Waals surface area contributed by atoms with Gasteiger partial charge in [0.25, 0.3) is 0 Å². The number of hydrogen-bond donors (Lipinski definition) is 0. The van der Waals surface area contributed by atoms with Crippen LogP contribution in [-0.2, 0) is 0 Å². The van der Waals surface area contributed by atoms with E-state index in [1.165, 1.54) is 42.4 Å². The fraction of sp³-hybridized carbons (Fsp3) is 0.524. The first-order valence-electron chi connectivity index (χ1n) is 8.83. The van der Waals surface area contributed by atoms with Crippen LogP contribution >= 0.6 is 0 Å². The summed E-state index contributed by atoms with van der Waals surface area (Å²) in [6.07, 6.45) is 7.89. The van der Waals surface area contributed by atoms with Crippen LogP contribution < -0.4 is 5.19 Å². The number of aryl methyl sites for hydroxylation is 2. The molecule has 0 aromatic heterocycles. The van der Waals surface area contributed by atoms with Crippen molar-refractivity contribution in [3.8, 4) is 0 Å². The molecule has 1 aromatic carbocycles. The first-order valence-corrected chi connectivity index (χ1v) is 10.2. The molecule has 0 bridgehead atoms. The molecule has 0 radical (unpaired) electrons. The molecule has 22 heavy (non-hydrogen) atoms. The van der Waals surface area contributed by atoms with Crippen LogP contribution in [0.1, 0.15) is 64.5 Å². The zero-order valence-electron chi connectivity index (χ0n) is 15.3. The van der Waals surface area contributed by atoms with Crippen molar-refractivity contribution in [1.29, 1.82) is 0 Å². The summed E-state index contributed by atoms with van der Waals surface area (Å²) in [7, 11) is -0.354. The second kappa shape index (κ2) is 7.00. The Bertz CT molecular complexity index is 586. The lowest BCUT2D eigenvalue weighted by molar-refractivity contribution is 0.680. The highest BCUT2D eigenvalue weighted by Gasteiger charge is 2.33. The summed E-state index contributed by atoms with van der Waals surface area (Å²) in [5.74, 6) is 0. The Morgan fingerprint density at radius 1 is 0.955 bits per heavy atom. The standard InChI is InChI=1S/C21H32Si/c1-7-8-9-10-20-18(5)17(4)14-21(20,6)22-19-12-15(2)11-16(3)13-19/h11-14H,7-10,22H2,1-6H3. The number of unbranched alkanes of at least 4 members (excludes halogenated alkanes) is 2. The molecule has 0 spiro atoms. The van der Waals surface area contributed by atoms with E-state index in [0.717, 1.165) is 0 Å². The van der Waals surface area contributed by atoms with Gasteiger partial charge in [-0.25, -0.2) is 0 Å². The van der Waals surface area contributed by atoms with Crippen molar-refractivity contribution in [2.75, 3.05) is 0 Å². The fourth-order valence-electron chi connectivity index (χ4n) is 4.12. The molecule has 0 heterocycles. The molecule has 1 aromatic rings. The second-order valence-electron chi connectivity index (χ2n) is 7.48. The second-order valence-corrected chi connectivity index (χ2v) is 10.1. The fourth-order valence-corrected chi connectivity index (χ4v) is 6.88.